The maximum Gasteiger partial charge on any atom is 0.128 e. The van der Waals surface area contributed by atoms with Gasteiger partial charge in [-0.2, -0.15) is 0 Å². The molecule has 0 saturated carbocycles. The SMILES string of the molecule is CCCc1nc(C)c2c(n1)CCC(CNC)C2. The van der Waals surface area contributed by atoms with Gasteiger partial charge in [0.25, 0.3) is 0 Å². The van der Waals surface area contributed by atoms with Crippen LogP contribution in [0.1, 0.15) is 42.5 Å². The normalized spacial score (nSPS) is 19.1. The van der Waals surface area contributed by atoms with E-state index in [2.05, 4.69) is 24.1 Å². The molecular weight excluding hydrogens is 210 g/mol. The van der Waals surface area contributed by atoms with Crippen LogP contribution < -0.4 is 5.32 Å². The molecule has 3 nitrogen and oxygen atoms in total. The van der Waals surface area contributed by atoms with E-state index in [0.29, 0.717) is 0 Å². The van der Waals surface area contributed by atoms with Gasteiger partial charge in [-0.1, -0.05) is 6.92 Å². The highest BCUT2D eigenvalue weighted by atomic mass is 14.9. The van der Waals surface area contributed by atoms with E-state index < -0.39 is 0 Å². The molecule has 1 aromatic heterocycles. The lowest BCUT2D eigenvalue weighted by atomic mass is 9.85. The van der Waals surface area contributed by atoms with Crippen molar-refractivity contribution in [3.05, 3.63) is 22.8 Å². The molecule has 0 radical (unpaired) electrons. The Balaban J connectivity index is 2.21. The van der Waals surface area contributed by atoms with Crippen molar-refractivity contribution < 1.29 is 0 Å². The summed E-state index contributed by atoms with van der Waals surface area (Å²) in [5.41, 5.74) is 3.93. The van der Waals surface area contributed by atoms with Crippen molar-refractivity contribution in [2.24, 2.45) is 5.92 Å². The van der Waals surface area contributed by atoms with Crippen molar-refractivity contribution in [3.8, 4) is 0 Å². The smallest absolute Gasteiger partial charge is 0.128 e. The minimum atomic E-state index is 0.756. The van der Waals surface area contributed by atoms with Gasteiger partial charge in [0.2, 0.25) is 0 Å². The predicted octanol–water partition coefficient (Wildman–Crippen LogP) is 2.06. The molecule has 0 saturated heterocycles. The first-order valence-corrected chi connectivity index (χ1v) is 6.74. The summed E-state index contributed by atoms with van der Waals surface area (Å²) >= 11 is 0. The van der Waals surface area contributed by atoms with Gasteiger partial charge in [-0.25, -0.2) is 9.97 Å². The molecule has 0 amide bonds. The molecule has 0 fully saturated rings. The minimum Gasteiger partial charge on any atom is -0.319 e. The van der Waals surface area contributed by atoms with Crippen molar-refractivity contribution in [2.75, 3.05) is 13.6 Å². The van der Waals surface area contributed by atoms with Gasteiger partial charge in [-0.15, -0.1) is 0 Å². The van der Waals surface area contributed by atoms with Gasteiger partial charge in [0, 0.05) is 17.8 Å². The number of nitrogens with one attached hydrogen (secondary N) is 1. The van der Waals surface area contributed by atoms with Crippen molar-refractivity contribution in [2.45, 2.75) is 46.0 Å². The van der Waals surface area contributed by atoms with Crippen LogP contribution in [0.4, 0.5) is 0 Å². The number of hydrogen-bond acceptors (Lipinski definition) is 3. The number of fused-ring (bicyclic) bond motifs is 1. The molecule has 1 unspecified atom stereocenters. The third-order valence-electron chi connectivity index (χ3n) is 3.59. The first-order chi connectivity index (χ1) is 8.24. The first-order valence-electron chi connectivity index (χ1n) is 6.74. The summed E-state index contributed by atoms with van der Waals surface area (Å²) in [5.74, 6) is 1.79. The molecule has 1 aliphatic carbocycles. The van der Waals surface area contributed by atoms with Crippen molar-refractivity contribution in [1.29, 1.82) is 0 Å². The van der Waals surface area contributed by atoms with Crippen molar-refractivity contribution in [1.82, 2.24) is 15.3 Å². The molecule has 1 atom stereocenters. The third-order valence-corrected chi connectivity index (χ3v) is 3.59. The summed E-state index contributed by atoms with van der Waals surface area (Å²) in [4.78, 5) is 9.37. The van der Waals surface area contributed by atoms with Gasteiger partial charge in [0.15, 0.2) is 0 Å². The molecule has 17 heavy (non-hydrogen) atoms. The third kappa shape index (κ3) is 2.83. The number of rotatable bonds is 4. The van der Waals surface area contributed by atoms with E-state index in [1.54, 1.807) is 0 Å². The fourth-order valence-corrected chi connectivity index (χ4v) is 2.72. The molecule has 0 aromatic carbocycles. The highest BCUT2D eigenvalue weighted by Crippen LogP contribution is 2.25. The van der Waals surface area contributed by atoms with E-state index in [-0.39, 0.29) is 0 Å². The average Bonchev–Trinajstić information content (AvgIpc) is 2.31. The Morgan fingerprint density at radius 3 is 2.88 bits per heavy atom. The molecule has 3 heteroatoms. The summed E-state index contributed by atoms with van der Waals surface area (Å²) in [5, 5.41) is 3.28. The number of hydrogen-bond donors (Lipinski definition) is 1. The molecule has 94 valence electrons. The Hall–Kier alpha value is -0.960. The predicted molar refractivity (Wildman–Crippen MR) is 70.2 cm³/mol. The number of aromatic nitrogens is 2. The fraction of sp³-hybridized carbons (Fsp3) is 0.714. The average molecular weight is 233 g/mol. The molecule has 1 aromatic rings. The Kier molecular flexibility index (Phi) is 4.11. The van der Waals surface area contributed by atoms with Crippen LogP contribution in [0.25, 0.3) is 0 Å². The van der Waals surface area contributed by atoms with E-state index in [1.807, 2.05) is 7.05 Å². The molecule has 0 bridgehead atoms. The van der Waals surface area contributed by atoms with Crippen LogP contribution in [0.15, 0.2) is 0 Å². The van der Waals surface area contributed by atoms with E-state index in [9.17, 15) is 0 Å². The van der Waals surface area contributed by atoms with Crippen LogP contribution in [0.5, 0.6) is 0 Å². The van der Waals surface area contributed by atoms with Crippen molar-refractivity contribution in [3.63, 3.8) is 0 Å². The lowest BCUT2D eigenvalue weighted by molar-refractivity contribution is 0.431. The summed E-state index contributed by atoms with van der Waals surface area (Å²) in [7, 11) is 2.03. The Bertz CT molecular complexity index is 387. The lowest BCUT2D eigenvalue weighted by Gasteiger charge is -2.25. The zero-order chi connectivity index (χ0) is 12.3. The van der Waals surface area contributed by atoms with Gasteiger partial charge in [-0.3, -0.25) is 0 Å². The van der Waals surface area contributed by atoms with Crippen molar-refractivity contribution >= 4 is 0 Å². The second-order valence-corrected chi connectivity index (χ2v) is 5.07. The van der Waals surface area contributed by atoms with Crippen LogP contribution in [0, 0.1) is 12.8 Å². The Morgan fingerprint density at radius 2 is 2.18 bits per heavy atom. The summed E-state index contributed by atoms with van der Waals surface area (Å²) in [6, 6.07) is 0. The lowest BCUT2D eigenvalue weighted by Crippen LogP contribution is -2.26. The molecule has 1 heterocycles. The molecule has 1 aliphatic rings. The molecule has 1 N–H and O–H groups in total. The fourth-order valence-electron chi connectivity index (χ4n) is 2.72. The van der Waals surface area contributed by atoms with E-state index >= 15 is 0 Å². The zero-order valence-electron chi connectivity index (χ0n) is 11.2. The largest absolute Gasteiger partial charge is 0.319 e. The quantitative estimate of drug-likeness (QED) is 0.865. The molecule has 2 rings (SSSR count). The molecule has 0 spiro atoms. The maximum absolute atomic E-state index is 4.73. The van der Waals surface area contributed by atoms with Crippen LogP contribution in [-0.4, -0.2) is 23.6 Å². The zero-order valence-corrected chi connectivity index (χ0v) is 11.2. The molecule has 0 aliphatic heterocycles. The van der Waals surface area contributed by atoms with Crippen LogP contribution in [0.3, 0.4) is 0 Å². The second-order valence-electron chi connectivity index (χ2n) is 5.07. The monoisotopic (exact) mass is 233 g/mol. The highest BCUT2D eigenvalue weighted by Gasteiger charge is 2.21. The Morgan fingerprint density at radius 1 is 1.35 bits per heavy atom. The standard InChI is InChI=1S/C14H23N3/c1-4-5-14-16-10(2)12-8-11(9-15-3)6-7-13(12)17-14/h11,15H,4-9H2,1-3H3. The van der Waals surface area contributed by atoms with Gasteiger partial charge >= 0.3 is 0 Å². The van der Waals surface area contributed by atoms with Crippen LogP contribution >= 0.6 is 0 Å². The summed E-state index contributed by atoms with van der Waals surface area (Å²) in [6.45, 7) is 5.43. The summed E-state index contributed by atoms with van der Waals surface area (Å²) in [6.07, 6.45) is 5.67. The van der Waals surface area contributed by atoms with E-state index in [0.717, 1.165) is 44.0 Å². The Labute approximate surface area is 104 Å². The number of aryl methyl sites for hydroxylation is 3. The van der Waals surface area contributed by atoms with Gasteiger partial charge in [0.1, 0.15) is 5.82 Å². The highest BCUT2D eigenvalue weighted by molar-refractivity contribution is 5.28. The first kappa shape index (κ1) is 12.5. The topological polar surface area (TPSA) is 37.8 Å². The van der Waals surface area contributed by atoms with E-state index in [1.165, 1.54) is 23.4 Å². The van der Waals surface area contributed by atoms with Crippen LogP contribution in [0.2, 0.25) is 0 Å². The maximum atomic E-state index is 4.73. The second kappa shape index (κ2) is 5.58. The van der Waals surface area contributed by atoms with Gasteiger partial charge in [-0.05, 0) is 57.7 Å². The van der Waals surface area contributed by atoms with E-state index in [4.69, 9.17) is 4.98 Å². The summed E-state index contributed by atoms with van der Waals surface area (Å²) < 4.78 is 0. The molecular formula is C14H23N3. The van der Waals surface area contributed by atoms with Gasteiger partial charge in [0.05, 0.1) is 0 Å². The minimum absolute atomic E-state index is 0.756. The van der Waals surface area contributed by atoms with Crippen LogP contribution in [-0.2, 0) is 19.3 Å². The number of nitrogens with zero attached hydrogens (tertiary/aromatic N) is 2. The van der Waals surface area contributed by atoms with Gasteiger partial charge < -0.3 is 5.32 Å².